The quantitative estimate of drug-likeness (QED) is 0.509. The van der Waals surface area contributed by atoms with Crippen LogP contribution in [-0.4, -0.2) is 72.1 Å². The first-order valence-corrected chi connectivity index (χ1v) is 12.3. The first-order valence-electron chi connectivity index (χ1n) is 10.5. The van der Waals surface area contributed by atoms with Gasteiger partial charge in [-0.25, -0.2) is 4.79 Å². The van der Waals surface area contributed by atoms with Gasteiger partial charge in [0, 0.05) is 48.1 Å². The third-order valence-corrected chi connectivity index (χ3v) is 6.97. The largest absolute Gasteiger partial charge is 0.462 e. The standard InChI is InChI=1S/C22H24N4O5S2/c1-3-30-22(29)19-15(17-5-4-10-32-17)13-33-20(19)23-18(27)12-25-6-8-26(9-7-25)21(28)16-11-14(2)24-31-16/h4-5,10-11,13H,3,6-9,12H2,1-2H3,(H,23,27). The average Bonchev–Trinajstić information content (AvgIpc) is 3.55. The van der Waals surface area contributed by atoms with Crippen LogP contribution in [0.1, 0.15) is 33.5 Å². The van der Waals surface area contributed by atoms with Gasteiger partial charge >= 0.3 is 5.97 Å². The number of hydrogen-bond acceptors (Lipinski definition) is 9. The van der Waals surface area contributed by atoms with Crippen LogP contribution in [0.3, 0.4) is 0 Å². The first-order chi connectivity index (χ1) is 16.0. The minimum atomic E-state index is -0.452. The van der Waals surface area contributed by atoms with E-state index in [9.17, 15) is 14.4 Å². The average molecular weight is 489 g/mol. The van der Waals surface area contributed by atoms with Crippen molar-refractivity contribution >= 4 is 45.5 Å². The number of rotatable bonds is 7. The number of aromatic nitrogens is 1. The number of esters is 1. The van der Waals surface area contributed by atoms with E-state index >= 15 is 0 Å². The van der Waals surface area contributed by atoms with Crippen LogP contribution < -0.4 is 5.32 Å². The molecule has 174 valence electrons. The Hall–Kier alpha value is -3.02. The van der Waals surface area contributed by atoms with Crippen molar-refractivity contribution < 1.29 is 23.6 Å². The number of anilines is 1. The molecule has 3 aromatic rings. The molecule has 0 aliphatic carbocycles. The summed E-state index contributed by atoms with van der Waals surface area (Å²) in [6.45, 7) is 6.02. The van der Waals surface area contributed by atoms with E-state index in [0.29, 0.717) is 42.4 Å². The maximum atomic E-state index is 12.7. The van der Waals surface area contributed by atoms with Crippen LogP contribution in [0.15, 0.2) is 33.5 Å². The van der Waals surface area contributed by atoms with Crippen LogP contribution in [0.5, 0.6) is 0 Å². The van der Waals surface area contributed by atoms with Gasteiger partial charge in [0.1, 0.15) is 10.6 Å². The summed E-state index contributed by atoms with van der Waals surface area (Å²) >= 11 is 2.83. The maximum Gasteiger partial charge on any atom is 0.341 e. The Morgan fingerprint density at radius 2 is 2.00 bits per heavy atom. The molecule has 0 aromatic carbocycles. The maximum absolute atomic E-state index is 12.7. The van der Waals surface area contributed by atoms with Crippen molar-refractivity contribution in [2.75, 3.05) is 44.6 Å². The van der Waals surface area contributed by atoms with Crippen molar-refractivity contribution in [3.8, 4) is 10.4 Å². The van der Waals surface area contributed by atoms with Crippen LogP contribution in [0.2, 0.25) is 0 Å². The molecule has 0 spiro atoms. The Morgan fingerprint density at radius 1 is 1.21 bits per heavy atom. The Bertz CT molecular complexity index is 1130. The summed E-state index contributed by atoms with van der Waals surface area (Å²) in [5, 5.41) is 10.9. The van der Waals surface area contributed by atoms with Gasteiger partial charge in [0.25, 0.3) is 5.91 Å². The minimum absolute atomic E-state index is 0.165. The summed E-state index contributed by atoms with van der Waals surface area (Å²) < 4.78 is 10.3. The van der Waals surface area contributed by atoms with Gasteiger partial charge in [-0.3, -0.25) is 14.5 Å². The van der Waals surface area contributed by atoms with E-state index in [1.807, 2.05) is 27.8 Å². The van der Waals surface area contributed by atoms with Crippen molar-refractivity contribution in [2.24, 2.45) is 0 Å². The fourth-order valence-electron chi connectivity index (χ4n) is 3.57. The zero-order valence-corrected chi connectivity index (χ0v) is 20.0. The van der Waals surface area contributed by atoms with Crippen LogP contribution in [0.25, 0.3) is 10.4 Å². The van der Waals surface area contributed by atoms with Crippen LogP contribution in [0, 0.1) is 6.92 Å². The second-order valence-electron chi connectivity index (χ2n) is 7.50. The van der Waals surface area contributed by atoms with Gasteiger partial charge in [-0.2, -0.15) is 0 Å². The van der Waals surface area contributed by atoms with Crippen LogP contribution in [-0.2, 0) is 9.53 Å². The number of piperazine rings is 1. The number of nitrogens with zero attached hydrogens (tertiary/aromatic N) is 3. The monoisotopic (exact) mass is 488 g/mol. The summed E-state index contributed by atoms with van der Waals surface area (Å²) in [5.41, 5.74) is 1.81. The number of ether oxygens (including phenoxy) is 1. The molecule has 0 radical (unpaired) electrons. The summed E-state index contributed by atoms with van der Waals surface area (Å²) in [7, 11) is 0. The molecule has 33 heavy (non-hydrogen) atoms. The minimum Gasteiger partial charge on any atom is -0.462 e. The molecule has 1 N–H and O–H groups in total. The highest BCUT2D eigenvalue weighted by molar-refractivity contribution is 7.17. The molecule has 1 fully saturated rings. The van der Waals surface area contributed by atoms with Crippen molar-refractivity contribution in [3.63, 3.8) is 0 Å². The molecular weight excluding hydrogens is 464 g/mol. The molecule has 11 heteroatoms. The molecule has 1 saturated heterocycles. The van der Waals surface area contributed by atoms with E-state index < -0.39 is 5.97 Å². The number of hydrogen-bond donors (Lipinski definition) is 1. The van der Waals surface area contributed by atoms with Crippen LogP contribution in [0.4, 0.5) is 5.00 Å². The number of nitrogens with one attached hydrogen (secondary N) is 1. The highest BCUT2D eigenvalue weighted by atomic mass is 32.1. The molecule has 3 aromatic heterocycles. The number of carbonyl (C=O) groups excluding carboxylic acids is 3. The lowest BCUT2D eigenvalue weighted by Crippen LogP contribution is -2.50. The van der Waals surface area contributed by atoms with Gasteiger partial charge in [0.2, 0.25) is 11.7 Å². The van der Waals surface area contributed by atoms with Gasteiger partial charge in [-0.05, 0) is 25.3 Å². The fourth-order valence-corrected chi connectivity index (χ4v) is 5.36. The number of amides is 2. The van der Waals surface area contributed by atoms with E-state index in [4.69, 9.17) is 9.26 Å². The summed E-state index contributed by atoms with van der Waals surface area (Å²) in [4.78, 5) is 42.5. The lowest BCUT2D eigenvalue weighted by Gasteiger charge is -2.33. The van der Waals surface area contributed by atoms with Crippen molar-refractivity contribution in [3.05, 3.63) is 46.0 Å². The van der Waals surface area contributed by atoms with Crippen molar-refractivity contribution in [1.29, 1.82) is 0 Å². The molecule has 1 aliphatic rings. The topological polar surface area (TPSA) is 105 Å². The Balaban J connectivity index is 1.36. The molecule has 9 nitrogen and oxygen atoms in total. The highest BCUT2D eigenvalue weighted by Gasteiger charge is 2.27. The van der Waals surface area contributed by atoms with Gasteiger partial charge in [0.15, 0.2) is 0 Å². The third kappa shape index (κ3) is 5.32. The van der Waals surface area contributed by atoms with E-state index in [0.717, 1.165) is 10.4 Å². The van der Waals surface area contributed by atoms with Gasteiger partial charge in [-0.15, -0.1) is 22.7 Å². The van der Waals surface area contributed by atoms with Gasteiger partial charge < -0.3 is 19.5 Å². The molecular formula is C22H24N4O5S2. The second kappa shape index (κ2) is 10.3. The van der Waals surface area contributed by atoms with E-state index in [1.54, 1.807) is 24.8 Å². The highest BCUT2D eigenvalue weighted by Crippen LogP contribution is 2.38. The van der Waals surface area contributed by atoms with E-state index in [2.05, 4.69) is 10.5 Å². The SMILES string of the molecule is CCOC(=O)c1c(-c2cccs2)csc1NC(=O)CN1CCN(C(=O)c2cc(C)no2)CC1. The van der Waals surface area contributed by atoms with Crippen molar-refractivity contribution in [1.82, 2.24) is 15.0 Å². The first kappa shape index (κ1) is 23.1. The third-order valence-electron chi connectivity index (χ3n) is 5.18. The van der Waals surface area contributed by atoms with E-state index in [-0.39, 0.29) is 30.7 Å². The second-order valence-corrected chi connectivity index (χ2v) is 9.33. The normalized spacial score (nSPS) is 14.3. The zero-order valence-electron chi connectivity index (χ0n) is 18.3. The molecule has 1 aliphatic heterocycles. The number of carbonyl (C=O) groups is 3. The van der Waals surface area contributed by atoms with Crippen LogP contribution >= 0.6 is 22.7 Å². The number of aryl methyl sites for hydroxylation is 1. The van der Waals surface area contributed by atoms with Gasteiger partial charge in [-0.1, -0.05) is 11.2 Å². The predicted octanol–water partition coefficient (Wildman–Crippen LogP) is 3.35. The zero-order chi connectivity index (χ0) is 23.4. The molecule has 4 heterocycles. The Morgan fingerprint density at radius 3 is 2.64 bits per heavy atom. The summed E-state index contributed by atoms with van der Waals surface area (Å²) in [6.07, 6.45) is 0. The lowest BCUT2D eigenvalue weighted by atomic mass is 10.1. The summed E-state index contributed by atoms with van der Waals surface area (Å²) in [6, 6.07) is 5.47. The van der Waals surface area contributed by atoms with E-state index in [1.165, 1.54) is 22.7 Å². The van der Waals surface area contributed by atoms with Gasteiger partial charge in [0.05, 0.1) is 18.8 Å². The van der Waals surface area contributed by atoms with Crippen molar-refractivity contribution in [2.45, 2.75) is 13.8 Å². The Kier molecular flexibility index (Phi) is 7.21. The Labute approximate surface area is 198 Å². The number of thiophene rings is 2. The molecule has 0 bridgehead atoms. The lowest BCUT2D eigenvalue weighted by molar-refractivity contribution is -0.117. The molecule has 2 amide bonds. The summed E-state index contributed by atoms with van der Waals surface area (Å²) in [5.74, 6) is -0.638. The molecule has 0 saturated carbocycles. The molecule has 0 atom stereocenters. The fraction of sp³-hybridized carbons (Fsp3) is 0.364. The molecule has 0 unspecified atom stereocenters. The molecule has 4 rings (SSSR count). The smallest absolute Gasteiger partial charge is 0.341 e. The predicted molar refractivity (Wildman–Crippen MR) is 126 cm³/mol.